The van der Waals surface area contributed by atoms with Gasteiger partial charge in [-0.15, -0.1) is 0 Å². The van der Waals surface area contributed by atoms with Crippen LogP contribution in [-0.4, -0.2) is 184 Å². The molecular formula is C80H98N16O15. The first-order valence-corrected chi connectivity index (χ1v) is 36.8. The summed E-state index contributed by atoms with van der Waals surface area (Å²) in [4.78, 5) is 172. The normalized spacial score (nSPS) is 15.2. The van der Waals surface area contributed by atoms with E-state index in [0.29, 0.717) is 47.3 Å². The molecule has 31 nitrogen and oxygen atoms in total. The number of methoxy groups -OCH3 is 1. The van der Waals surface area contributed by atoms with E-state index in [4.69, 9.17) is 37.8 Å². The van der Waals surface area contributed by atoms with Gasteiger partial charge in [0.25, 0.3) is 5.91 Å². The number of hydrogen-bond donors (Lipinski definition) is 14. The fourth-order valence-corrected chi connectivity index (χ4v) is 14.0. The third kappa shape index (κ3) is 21.7. The molecule has 1 aliphatic carbocycles. The molecule has 7 atom stereocenters. The van der Waals surface area contributed by atoms with Crippen LogP contribution >= 0.6 is 0 Å². The number of aromatic hydroxyl groups is 1. The molecule has 6 aromatic rings. The first-order chi connectivity index (χ1) is 53.0. The average molecular weight is 1520 g/mol. The Balaban J connectivity index is 0.850. The molecule has 0 unspecified atom stereocenters. The number of fused-ring (bicyclic) bond motifs is 6. The van der Waals surface area contributed by atoms with E-state index in [1.807, 2.05) is 62.3 Å². The van der Waals surface area contributed by atoms with E-state index >= 15 is 0 Å². The molecule has 111 heavy (non-hydrogen) atoms. The number of primary amides is 3. The predicted octanol–water partition coefficient (Wildman–Crippen LogP) is 1.71. The molecule has 18 N–H and O–H groups in total. The number of carbonyl (C=O) groups excluding carboxylic acids is 12. The number of unbranched alkanes of at least 4 members (excludes halogenated alkanes) is 1. The van der Waals surface area contributed by atoms with Crippen LogP contribution in [0.3, 0.4) is 0 Å². The van der Waals surface area contributed by atoms with E-state index in [9.17, 15) is 62.6 Å². The molecule has 588 valence electrons. The first-order valence-electron chi connectivity index (χ1n) is 36.8. The molecule has 1 saturated heterocycles. The number of nitrogens with one attached hydrogen (secondary N) is 9. The van der Waals surface area contributed by atoms with Gasteiger partial charge in [0.1, 0.15) is 53.8 Å². The molecule has 0 saturated carbocycles. The van der Waals surface area contributed by atoms with Gasteiger partial charge in [-0.3, -0.25) is 58.1 Å². The molecule has 9 rings (SSSR count). The lowest BCUT2D eigenvalue weighted by molar-refractivity contribution is -0.142. The highest BCUT2D eigenvalue weighted by molar-refractivity contribution is 6.02. The van der Waals surface area contributed by atoms with Crippen LogP contribution in [0, 0.1) is 5.41 Å². The Morgan fingerprint density at radius 1 is 0.586 bits per heavy atom. The maximum atomic E-state index is 14.8. The van der Waals surface area contributed by atoms with Gasteiger partial charge in [-0.05, 0) is 159 Å². The molecule has 0 bridgehead atoms. The minimum atomic E-state index is -1.85. The van der Waals surface area contributed by atoms with Gasteiger partial charge in [0.2, 0.25) is 59.1 Å². The number of nitrogens with two attached hydrogens (primary N) is 4. The minimum absolute atomic E-state index is 0.00866. The number of hydrogen-bond acceptors (Lipinski definition) is 18. The second-order valence-electron chi connectivity index (χ2n) is 28.3. The largest absolute Gasteiger partial charge is 0.508 e. The summed E-state index contributed by atoms with van der Waals surface area (Å²) in [7, 11) is 9.29. The Bertz CT molecular complexity index is 4390. The number of guanidine groups is 1. The first kappa shape index (κ1) is 82.5. The maximum absolute atomic E-state index is 14.8. The fourth-order valence-electron chi connectivity index (χ4n) is 14.0. The van der Waals surface area contributed by atoms with Gasteiger partial charge in [-0.2, -0.15) is 0 Å². The Morgan fingerprint density at radius 2 is 1.15 bits per heavy atom. The number of anilines is 2. The van der Waals surface area contributed by atoms with Crippen LogP contribution in [0.4, 0.5) is 11.4 Å². The number of amides is 11. The number of benzene rings is 6. The lowest BCUT2D eigenvalue weighted by atomic mass is 9.70. The van der Waals surface area contributed by atoms with E-state index in [1.54, 1.807) is 84.9 Å². The summed E-state index contributed by atoms with van der Waals surface area (Å²) in [5, 5.41) is 38.8. The number of likely N-dealkylation sites (tertiary alicyclic amines) is 1. The van der Waals surface area contributed by atoms with Crippen molar-refractivity contribution in [1.82, 2.24) is 47.4 Å². The summed E-state index contributed by atoms with van der Waals surface area (Å²) in [5.41, 5.74) is 29.8. The lowest BCUT2D eigenvalue weighted by Gasteiger charge is -2.38. The quantitative estimate of drug-likeness (QED) is 0.0114. The van der Waals surface area contributed by atoms with E-state index < -0.39 is 144 Å². The zero-order valence-electron chi connectivity index (χ0n) is 62.8. The van der Waals surface area contributed by atoms with Crippen molar-refractivity contribution in [3.05, 3.63) is 189 Å². The van der Waals surface area contributed by atoms with Crippen molar-refractivity contribution < 1.29 is 72.1 Å². The van der Waals surface area contributed by atoms with Crippen molar-refractivity contribution >= 4 is 88.3 Å². The molecule has 0 radical (unpaired) electrons. The summed E-state index contributed by atoms with van der Waals surface area (Å²) < 4.78 is 11.8. The maximum Gasteiger partial charge on any atom is 0.340 e. The van der Waals surface area contributed by atoms with Crippen LogP contribution < -0.4 is 80.0 Å². The molecular weight excluding hydrogens is 1420 g/mol. The molecule has 2 heterocycles. The van der Waals surface area contributed by atoms with Crippen molar-refractivity contribution in [2.45, 2.75) is 144 Å². The van der Waals surface area contributed by atoms with E-state index in [2.05, 4.69) is 54.7 Å². The average Bonchev–Trinajstić information content (AvgIpc) is 1.59. The zero-order chi connectivity index (χ0) is 80.2. The number of rotatable bonds is 38. The molecule has 6 aromatic carbocycles. The monoisotopic (exact) mass is 1520 g/mol. The molecule has 3 aliphatic rings. The Morgan fingerprint density at radius 3 is 1.76 bits per heavy atom. The molecule has 31 heteroatoms. The van der Waals surface area contributed by atoms with Gasteiger partial charge in [0, 0.05) is 107 Å². The highest BCUT2D eigenvalue weighted by atomic mass is 16.6. The Hall–Kier alpha value is -12.6. The minimum Gasteiger partial charge on any atom is -0.508 e. The third-order valence-electron chi connectivity index (χ3n) is 19.9. The Kier molecular flexibility index (Phi) is 28.2. The van der Waals surface area contributed by atoms with E-state index in [0.717, 1.165) is 39.2 Å². The van der Waals surface area contributed by atoms with Crippen LogP contribution in [0.15, 0.2) is 133 Å². The van der Waals surface area contributed by atoms with Gasteiger partial charge in [0.05, 0.1) is 19.1 Å². The second-order valence-corrected chi connectivity index (χ2v) is 28.3. The Labute approximate surface area is 642 Å². The number of carbonyl (C=O) groups is 12. The lowest BCUT2D eigenvalue weighted by Crippen LogP contribution is -2.60. The zero-order valence-corrected chi connectivity index (χ0v) is 62.8. The number of esters is 1. The number of phenolic OH excluding ortho intramolecular Hbond substituents is 1. The van der Waals surface area contributed by atoms with Crippen LogP contribution in [0.1, 0.15) is 136 Å². The summed E-state index contributed by atoms with van der Waals surface area (Å²) >= 11 is 0. The molecule has 1 fully saturated rings. The summed E-state index contributed by atoms with van der Waals surface area (Å²) in [6.45, 7) is 0.180. The fraction of sp³-hybridized carbons (Fsp3) is 0.388. The molecule has 1 spiro atoms. The summed E-state index contributed by atoms with van der Waals surface area (Å²) in [5.74, 6) is -9.65. The van der Waals surface area contributed by atoms with Crippen molar-refractivity contribution in [1.29, 1.82) is 5.41 Å². The standard InChI is InChI=1S/C80H98N16O15/c1-94(2)52-24-31-57-50(42-52)41-51-43-53(95(3)4)25-32-58(51)80(57)59-44-49(23-30-56(59)78(109)111-80)71(102)86-36-10-9-15-60(70(83)101)89-76(107)66-17-12-38-96(66)77(108)62(16-11-37-87-79(84)85)91-75(106)65(45-68(82)99)93-72(103)61(33-34-67(81)98)90-74(105)64(39-47-13-7-6-8-14-47)92-73(104)63(40-48-20-28-55(110-5)29-21-48)88-69(100)35-22-46-18-26-54(97)27-19-46/h6-8,13-14,18-21,23-32,42-44,60-66,97H,9-12,15-17,22,33-41,45H2,1-5H3,(H2,81,98)(H2,82,99)(H2,83,101)(H,86,102)(H,88,100)(H,89,107)(H,90,105)(H,91,106)(H,92,104)(H,93,103)(H4,84,85,87)/t60-,61-,62-,63+,64-,65-,66-/m0/s1. The SMILES string of the molecule is COc1ccc(C[C@@H](NC(=O)CCc2ccc(O)cc2)C(=O)N[C@@H](Cc2ccccc2)C(=O)N[C@@H](CCC(N)=O)C(=O)N[C@@H](CC(N)=O)C(=O)N[C@@H](CCCNC(=N)N)C(=O)N2CCC[C@H]2C(=O)N[C@@H](CCCCNC(=O)c2ccc3c(c2)C2(OC3=O)c3ccc(N(C)C)cc3Cc3cc(N(C)C)ccc32)C(N)=O)cc1. The topological polar surface area (TPSA) is 477 Å². The second kappa shape index (κ2) is 38.0. The van der Waals surface area contributed by atoms with Gasteiger partial charge >= 0.3 is 5.97 Å². The van der Waals surface area contributed by atoms with Gasteiger partial charge in [-0.1, -0.05) is 66.7 Å². The van der Waals surface area contributed by atoms with Crippen LogP contribution in [0.25, 0.3) is 0 Å². The molecule has 2 aliphatic heterocycles. The van der Waals surface area contributed by atoms with Gasteiger partial charge in [-0.25, -0.2) is 4.79 Å². The van der Waals surface area contributed by atoms with Gasteiger partial charge in [0.15, 0.2) is 11.6 Å². The number of phenols is 1. The van der Waals surface area contributed by atoms with E-state index in [1.165, 1.54) is 24.1 Å². The molecule has 11 amide bonds. The van der Waals surface area contributed by atoms with Crippen molar-refractivity contribution in [3.63, 3.8) is 0 Å². The number of ether oxygens (including phenoxy) is 2. The van der Waals surface area contributed by atoms with Crippen LogP contribution in [0.5, 0.6) is 11.5 Å². The highest BCUT2D eigenvalue weighted by Gasteiger charge is 2.53. The smallest absolute Gasteiger partial charge is 0.340 e. The predicted molar refractivity (Wildman–Crippen MR) is 412 cm³/mol. The van der Waals surface area contributed by atoms with Crippen LogP contribution in [-0.2, 0) is 84.0 Å². The van der Waals surface area contributed by atoms with E-state index in [-0.39, 0.29) is 88.7 Å². The highest BCUT2D eigenvalue weighted by Crippen LogP contribution is 2.53. The summed E-state index contributed by atoms with van der Waals surface area (Å²) in [6, 6.07) is 28.2. The molecule has 0 aromatic heterocycles. The number of aryl methyl sites for hydroxylation is 1. The summed E-state index contributed by atoms with van der Waals surface area (Å²) in [6.07, 6.45) is -0.278. The number of nitrogens with zero attached hydrogens (tertiary/aromatic N) is 3. The van der Waals surface area contributed by atoms with Crippen molar-refractivity contribution in [3.8, 4) is 11.5 Å². The van der Waals surface area contributed by atoms with Crippen molar-refractivity contribution in [2.24, 2.45) is 22.9 Å². The van der Waals surface area contributed by atoms with Crippen molar-refractivity contribution in [2.75, 3.05) is 64.7 Å². The van der Waals surface area contributed by atoms with Gasteiger partial charge < -0.3 is 94.7 Å². The van der Waals surface area contributed by atoms with Crippen LogP contribution in [0.2, 0.25) is 0 Å². The third-order valence-corrected chi connectivity index (χ3v) is 19.9.